The lowest BCUT2D eigenvalue weighted by atomic mass is 10.3. The second-order valence-corrected chi connectivity index (χ2v) is 4.73. The highest BCUT2D eigenvalue weighted by Crippen LogP contribution is 2.11. The number of pyridine rings is 1. The fourth-order valence-corrected chi connectivity index (χ4v) is 2.08. The van der Waals surface area contributed by atoms with E-state index in [1.165, 1.54) is 0 Å². The van der Waals surface area contributed by atoms with E-state index in [0.717, 1.165) is 16.3 Å². The van der Waals surface area contributed by atoms with Crippen LogP contribution in [0.1, 0.15) is 0 Å². The Morgan fingerprint density at radius 2 is 1.90 bits per heavy atom. The first-order valence-corrected chi connectivity index (χ1v) is 6.55. The van der Waals surface area contributed by atoms with Crippen LogP contribution >= 0.6 is 11.6 Å². The smallest absolute Gasteiger partial charge is 0.244 e. The van der Waals surface area contributed by atoms with Gasteiger partial charge in [0.2, 0.25) is 0 Å². The van der Waals surface area contributed by atoms with E-state index in [9.17, 15) is 0 Å². The van der Waals surface area contributed by atoms with Crippen molar-refractivity contribution in [1.82, 2.24) is 19.7 Å². The molecule has 1 N–H and O–H groups in total. The molecule has 0 spiro atoms. The Labute approximate surface area is 121 Å². The van der Waals surface area contributed by atoms with Crippen LogP contribution in [0.25, 0.3) is 5.69 Å². The maximum absolute atomic E-state index is 5.88. The number of para-hydroxylation sites is 1. The summed E-state index contributed by atoms with van der Waals surface area (Å²) in [6.07, 6.45) is 3.32. The summed E-state index contributed by atoms with van der Waals surface area (Å²) in [5.74, 6) is 0.698. The van der Waals surface area contributed by atoms with Crippen LogP contribution in [0.15, 0.2) is 55.0 Å². The van der Waals surface area contributed by atoms with Crippen molar-refractivity contribution < 1.29 is 4.90 Å². The maximum Gasteiger partial charge on any atom is 0.351 e. The molecule has 3 aromatic rings. The van der Waals surface area contributed by atoms with Crippen molar-refractivity contribution in [3.05, 3.63) is 60.1 Å². The van der Waals surface area contributed by atoms with Gasteiger partial charge in [0.25, 0.3) is 0 Å². The van der Waals surface area contributed by atoms with Crippen molar-refractivity contribution in [2.75, 3.05) is 7.05 Å². The van der Waals surface area contributed by atoms with Gasteiger partial charge in [-0.1, -0.05) is 34.9 Å². The third-order valence-corrected chi connectivity index (χ3v) is 3.22. The van der Waals surface area contributed by atoms with Crippen molar-refractivity contribution in [3.8, 4) is 5.69 Å². The lowest BCUT2D eigenvalue weighted by Crippen LogP contribution is -2.99. The van der Waals surface area contributed by atoms with Crippen LogP contribution in [-0.4, -0.2) is 26.8 Å². The van der Waals surface area contributed by atoms with E-state index in [4.69, 9.17) is 11.6 Å². The Balaban J connectivity index is 1.91. The van der Waals surface area contributed by atoms with Crippen molar-refractivity contribution in [3.63, 3.8) is 0 Å². The predicted molar refractivity (Wildman–Crippen MR) is 76.8 cm³/mol. The summed E-state index contributed by atoms with van der Waals surface area (Å²) in [6.45, 7) is 0. The molecular weight excluding hydrogens is 274 g/mol. The average Bonchev–Trinajstić information content (AvgIpc) is 2.97. The zero-order chi connectivity index (χ0) is 13.9. The summed E-state index contributed by atoms with van der Waals surface area (Å²) < 4.78 is 1.69. The number of aromatic nitrogens is 4. The van der Waals surface area contributed by atoms with E-state index in [1.54, 1.807) is 23.3 Å². The van der Waals surface area contributed by atoms with Crippen molar-refractivity contribution >= 4 is 23.2 Å². The molecule has 0 aliphatic rings. The van der Waals surface area contributed by atoms with Crippen LogP contribution < -0.4 is 4.90 Å². The van der Waals surface area contributed by atoms with Crippen LogP contribution in [0.4, 0.5) is 11.6 Å². The number of quaternary nitrogens is 1. The molecule has 0 bridgehead atoms. The van der Waals surface area contributed by atoms with Gasteiger partial charge in [0.05, 0.1) is 12.7 Å². The third kappa shape index (κ3) is 2.54. The highest BCUT2D eigenvalue weighted by Gasteiger charge is 2.15. The molecule has 2 aromatic heterocycles. The molecule has 0 aliphatic carbocycles. The van der Waals surface area contributed by atoms with Gasteiger partial charge >= 0.3 is 5.95 Å². The molecule has 1 atom stereocenters. The normalized spacial score (nSPS) is 12.3. The topological polar surface area (TPSA) is 48.0 Å². The molecule has 6 heteroatoms. The van der Waals surface area contributed by atoms with Gasteiger partial charge < -0.3 is 0 Å². The second kappa shape index (κ2) is 5.40. The Hall–Kier alpha value is -2.24. The average molecular weight is 287 g/mol. The van der Waals surface area contributed by atoms with Crippen LogP contribution in [0.3, 0.4) is 0 Å². The molecule has 5 nitrogen and oxygen atoms in total. The summed E-state index contributed by atoms with van der Waals surface area (Å²) >= 11 is 5.88. The fourth-order valence-electron chi connectivity index (χ4n) is 1.91. The molecule has 100 valence electrons. The summed E-state index contributed by atoms with van der Waals surface area (Å²) in [5.41, 5.74) is 1.95. The SMILES string of the molecule is C[NH+](c1ccccc1)c1ncn(-c2ccnc(Cl)c2)n1. The minimum atomic E-state index is 0.434. The van der Waals surface area contributed by atoms with Gasteiger partial charge in [-0.3, -0.25) is 0 Å². The minimum Gasteiger partial charge on any atom is -0.244 e. The molecule has 3 rings (SSSR count). The standard InChI is InChI=1S/C14H12ClN5/c1-19(11-5-3-2-4-6-11)14-17-10-20(18-14)12-7-8-16-13(15)9-12/h2-10H,1H3/p+1. The number of benzene rings is 1. The van der Waals surface area contributed by atoms with Gasteiger partial charge in [0.1, 0.15) is 17.2 Å². The molecule has 2 heterocycles. The number of nitrogens with zero attached hydrogens (tertiary/aromatic N) is 4. The van der Waals surface area contributed by atoms with Gasteiger partial charge in [0, 0.05) is 12.3 Å². The zero-order valence-corrected chi connectivity index (χ0v) is 11.6. The Morgan fingerprint density at radius 3 is 2.65 bits per heavy atom. The van der Waals surface area contributed by atoms with E-state index in [1.807, 2.05) is 43.4 Å². The Bertz CT molecular complexity index is 710. The molecule has 1 unspecified atom stereocenters. The first-order valence-electron chi connectivity index (χ1n) is 6.17. The quantitative estimate of drug-likeness (QED) is 0.747. The van der Waals surface area contributed by atoms with Crippen molar-refractivity contribution in [2.24, 2.45) is 0 Å². The van der Waals surface area contributed by atoms with Crippen LogP contribution in [0, 0.1) is 0 Å². The van der Waals surface area contributed by atoms with E-state index in [0.29, 0.717) is 11.1 Å². The van der Waals surface area contributed by atoms with Gasteiger partial charge in [-0.15, -0.1) is 0 Å². The summed E-state index contributed by atoms with van der Waals surface area (Å²) in [5, 5.41) is 4.91. The molecule has 0 amide bonds. The molecule has 0 radical (unpaired) electrons. The number of hydrogen-bond acceptors (Lipinski definition) is 3. The Morgan fingerprint density at radius 1 is 1.10 bits per heavy atom. The summed E-state index contributed by atoms with van der Waals surface area (Å²) in [7, 11) is 2.01. The van der Waals surface area contributed by atoms with Gasteiger partial charge in [0.15, 0.2) is 0 Å². The summed E-state index contributed by atoms with van der Waals surface area (Å²) in [6, 6.07) is 13.7. The van der Waals surface area contributed by atoms with Gasteiger partial charge in [-0.05, 0) is 18.2 Å². The number of rotatable bonds is 3. The lowest BCUT2D eigenvalue weighted by molar-refractivity contribution is -0.741. The molecule has 1 aromatic carbocycles. The van der Waals surface area contributed by atoms with E-state index < -0.39 is 0 Å². The molecule has 0 aliphatic heterocycles. The van der Waals surface area contributed by atoms with Crippen molar-refractivity contribution in [1.29, 1.82) is 0 Å². The minimum absolute atomic E-state index is 0.434. The van der Waals surface area contributed by atoms with Gasteiger partial charge in [-0.25, -0.2) is 14.6 Å². The fraction of sp³-hybridized carbons (Fsp3) is 0.0714. The van der Waals surface area contributed by atoms with E-state index in [2.05, 4.69) is 15.1 Å². The number of hydrogen-bond donors (Lipinski definition) is 1. The van der Waals surface area contributed by atoms with Crippen LogP contribution in [0.5, 0.6) is 0 Å². The van der Waals surface area contributed by atoms with Crippen LogP contribution in [0.2, 0.25) is 5.15 Å². The lowest BCUT2D eigenvalue weighted by Gasteiger charge is -2.07. The monoisotopic (exact) mass is 286 g/mol. The second-order valence-electron chi connectivity index (χ2n) is 4.34. The van der Waals surface area contributed by atoms with Crippen molar-refractivity contribution in [2.45, 2.75) is 0 Å². The highest BCUT2D eigenvalue weighted by molar-refractivity contribution is 6.29. The van der Waals surface area contributed by atoms with E-state index >= 15 is 0 Å². The van der Waals surface area contributed by atoms with E-state index in [-0.39, 0.29) is 0 Å². The first-order chi connectivity index (χ1) is 9.74. The van der Waals surface area contributed by atoms with Crippen LogP contribution in [-0.2, 0) is 0 Å². The number of nitrogens with one attached hydrogen (secondary N) is 1. The Kier molecular flexibility index (Phi) is 3.45. The molecule has 0 saturated carbocycles. The number of halogens is 1. The first kappa shape index (κ1) is 12.8. The maximum atomic E-state index is 5.88. The zero-order valence-electron chi connectivity index (χ0n) is 10.9. The molecule has 0 fully saturated rings. The largest absolute Gasteiger partial charge is 0.351 e. The highest BCUT2D eigenvalue weighted by atomic mass is 35.5. The molecule has 0 saturated heterocycles. The third-order valence-electron chi connectivity index (χ3n) is 3.01. The predicted octanol–water partition coefficient (Wildman–Crippen LogP) is 1.79. The molecule has 20 heavy (non-hydrogen) atoms. The van der Waals surface area contributed by atoms with Gasteiger partial charge in [-0.2, -0.15) is 4.98 Å². The molecular formula is C14H13ClN5+. The summed E-state index contributed by atoms with van der Waals surface area (Å²) in [4.78, 5) is 9.34.